The Balaban J connectivity index is 2.84. The van der Waals surface area contributed by atoms with Crippen molar-refractivity contribution in [3.8, 4) is 0 Å². The van der Waals surface area contributed by atoms with Gasteiger partial charge >= 0.3 is 0 Å². The lowest BCUT2D eigenvalue weighted by Gasteiger charge is -2.07. The Hall–Kier alpha value is -1.18. The van der Waals surface area contributed by atoms with Crippen LogP contribution in [0.4, 0.5) is 5.69 Å². The number of hydrogen-bond donors (Lipinski definition) is 2. The van der Waals surface area contributed by atoms with Crippen LogP contribution in [0.15, 0.2) is 40.2 Å². The van der Waals surface area contributed by atoms with Gasteiger partial charge in [0.25, 0.3) is 0 Å². The molecule has 0 aliphatic carbocycles. The number of hydrogen-bond acceptors (Lipinski definition) is 3. The van der Waals surface area contributed by atoms with Crippen LogP contribution in [-0.4, -0.2) is 20.9 Å². The summed E-state index contributed by atoms with van der Waals surface area (Å²) in [5, 5.41) is 2.56. The van der Waals surface area contributed by atoms with Crippen molar-refractivity contribution in [1.82, 2.24) is 4.72 Å². The Kier molecular flexibility index (Phi) is 5.06. The summed E-state index contributed by atoms with van der Waals surface area (Å²) in [7, 11) is -3.55. The van der Waals surface area contributed by atoms with E-state index in [2.05, 4.69) is 32.5 Å². The highest BCUT2D eigenvalue weighted by atomic mass is 79.9. The first kappa shape index (κ1) is 14.9. The fourth-order valence-corrected chi connectivity index (χ4v) is 2.53. The number of sulfonamides is 1. The van der Waals surface area contributed by atoms with E-state index >= 15 is 0 Å². The highest BCUT2D eigenvalue weighted by Crippen LogP contribution is 2.14. The second-order valence-corrected chi connectivity index (χ2v) is 6.44. The SMILES string of the molecule is C=C(Br)CNS(=O)(=O)c1ccc(NC(C)=O)cc1. The van der Waals surface area contributed by atoms with Crippen LogP contribution in [0.1, 0.15) is 6.92 Å². The second kappa shape index (κ2) is 6.12. The average Bonchev–Trinajstić information content (AvgIpc) is 2.26. The van der Waals surface area contributed by atoms with E-state index in [0.717, 1.165) is 0 Å². The zero-order chi connectivity index (χ0) is 13.8. The number of halogens is 1. The van der Waals surface area contributed by atoms with Crippen LogP contribution in [0.2, 0.25) is 0 Å². The molecule has 1 amide bonds. The molecule has 0 spiro atoms. The monoisotopic (exact) mass is 332 g/mol. The van der Waals surface area contributed by atoms with E-state index in [0.29, 0.717) is 10.2 Å². The van der Waals surface area contributed by atoms with Gasteiger partial charge in [-0.15, -0.1) is 0 Å². The molecule has 0 saturated heterocycles. The standard InChI is InChI=1S/C11H13BrN2O3S/c1-8(12)7-13-18(16,17)11-5-3-10(4-6-11)14-9(2)15/h3-6,13H,1,7H2,2H3,(H,14,15). The zero-order valence-electron chi connectivity index (χ0n) is 9.73. The van der Waals surface area contributed by atoms with Crippen LogP contribution in [0, 0.1) is 0 Å². The summed E-state index contributed by atoms with van der Waals surface area (Å²) in [6, 6.07) is 5.90. The normalized spacial score (nSPS) is 11.0. The predicted octanol–water partition coefficient (Wildman–Crippen LogP) is 1.83. The number of carbonyl (C=O) groups excluding carboxylic acids is 1. The quantitative estimate of drug-likeness (QED) is 0.863. The first-order valence-electron chi connectivity index (χ1n) is 5.02. The van der Waals surface area contributed by atoms with E-state index in [1.54, 1.807) is 0 Å². The lowest BCUT2D eigenvalue weighted by molar-refractivity contribution is -0.114. The molecule has 2 N–H and O–H groups in total. The van der Waals surface area contributed by atoms with Crippen LogP contribution in [0.5, 0.6) is 0 Å². The molecule has 5 nitrogen and oxygen atoms in total. The molecule has 0 radical (unpaired) electrons. The molecule has 7 heteroatoms. The number of rotatable bonds is 5. The van der Waals surface area contributed by atoms with Gasteiger partial charge in [-0.2, -0.15) is 0 Å². The van der Waals surface area contributed by atoms with E-state index in [-0.39, 0.29) is 17.3 Å². The van der Waals surface area contributed by atoms with Crippen molar-refractivity contribution in [2.24, 2.45) is 0 Å². The number of amides is 1. The van der Waals surface area contributed by atoms with Gasteiger partial charge in [0.1, 0.15) is 0 Å². The molecule has 1 rings (SSSR count). The Morgan fingerprint density at radius 2 is 1.89 bits per heavy atom. The summed E-state index contributed by atoms with van der Waals surface area (Å²) in [5.74, 6) is -0.209. The van der Waals surface area contributed by atoms with Gasteiger partial charge in [0, 0.05) is 23.6 Å². The van der Waals surface area contributed by atoms with E-state index in [1.807, 2.05) is 0 Å². The van der Waals surface area contributed by atoms with Gasteiger partial charge in [-0.05, 0) is 24.3 Å². The topological polar surface area (TPSA) is 75.3 Å². The van der Waals surface area contributed by atoms with Crippen molar-refractivity contribution in [2.75, 3.05) is 11.9 Å². The van der Waals surface area contributed by atoms with Crippen molar-refractivity contribution in [3.05, 3.63) is 35.3 Å². The van der Waals surface area contributed by atoms with Crippen LogP contribution in [0.3, 0.4) is 0 Å². The Labute approximate surface area is 114 Å². The molecule has 0 unspecified atom stereocenters. The summed E-state index contributed by atoms with van der Waals surface area (Å²) >= 11 is 3.07. The Morgan fingerprint density at radius 1 is 1.33 bits per heavy atom. The minimum atomic E-state index is -3.55. The maximum atomic E-state index is 11.8. The second-order valence-electron chi connectivity index (χ2n) is 3.55. The van der Waals surface area contributed by atoms with Crippen LogP contribution in [-0.2, 0) is 14.8 Å². The Bertz CT molecular complexity index is 552. The van der Waals surface area contributed by atoms with Crippen molar-refractivity contribution in [2.45, 2.75) is 11.8 Å². The highest BCUT2D eigenvalue weighted by molar-refractivity contribution is 9.11. The molecule has 0 aliphatic heterocycles. The summed E-state index contributed by atoms with van der Waals surface area (Å²) in [4.78, 5) is 10.9. The highest BCUT2D eigenvalue weighted by Gasteiger charge is 2.13. The number of benzene rings is 1. The summed E-state index contributed by atoms with van der Waals surface area (Å²) < 4.78 is 26.5. The first-order chi connectivity index (χ1) is 8.31. The molecule has 98 valence electrons. The summed E-state index contributed by atoms with van der Waals surface area (Å²) in [6.07, 6.45) is 0. The maximum absolute atomic E-state index is 11.8. The number of anilines is 1. The van der Waals surface area contributed by atoms with Crippen molar-refractivity contribution >= 4 is 37.5 Å². The third-order valence-electron chi connectivity index (χ3n) is 1.94. The molecule has 0 aromatic heterocycles. The molecule has 0 aliphatic rings. The molecule has 1 aromatic carbocycles. The van der Waals surface area contributed by atoms with E-state index in [9.17, 15) is 13.2 Å². The molecule has 0 saturated carbocycles. The molecular formula is C11H13BrN2O3S. The fourth-order valence-electron chi connectivity index (χ4n) is 1.18. The average molecular weight is 333 g/mol. The fraction of sp³-hybridized carbons (Fsp3) is 0.182. The minimum Gasteiger partial charge on any atom is -0.326 e. The molecule has 0 bridgehead atoms. The van der Waals surface area contributed by atoms with Crippen molar-refractivity contribution in [1.29, 1.82) is 0 Å². The van der Waals surface area contributed by atoms with Gasteiger partial charge in [0.2, 0.25) is 15.9 Å². The van der Waals surface area contributed by atoms with Crippen LogP contribution >= 0.6 is 15.9 Å². The zero-order valence-corrected chi connectivity index (χ0v) is 12.1. The molecule has 18 heavy (non-hydrogen) atoms. The molecule has 0 atom stereocenters. The Morgan fingerprint density at radius 3 is 2.33 bits per heavy atom. The van der Waals surface area contributed by atoms with Gasteiger partial charge in [-0.3, -0.25) is 4.79 Å². The molecule has 1 aromatic rings. The van der Waals surface area contributed by atoms with Gasteiger partial charge in [-0.1, -0.05) is 22.5 Å². The third-order valence-corrected chi connectivity index (χ3v) is 3.64. The van der Waals surface area contributed by atoms with E-state index < -0.39 is 10.0 Å². The third kappa shape index (κ3) is 4.59. The number of nitrogens with one attached hydrogen (secondary N) is 2. The largest absolute Gasteiger partial charge is 0.326 e. The van der Waals surface area contributed by atoms with E-state index in [4.69, 9.17) is 0 Å². The molecule has 0 fully saturated rings. The smallest absolute Gasteiger partial charge is 0.240 e. The van der Waals surface area contributed by atoms with Gasteiger partial charge < -0.3 is 5.32 Å². The van der Waals surface area contributed by atoms with Gasteiger partial charge in [0.05, 0.1) is 4.90 Å². The van der Waals surface area contributed by atoms with Crippen molar-refractivity contribution < 1.29 is 13.2 Å². The molecule has 0 heterocycles. The van der Waals surface area contributed by atoms with Gasteiger partial charge in [0.15, 0.2) is 0 Å². The summed E-state index contributed by atoms with van der Waals surface area (Å²) in [5.41, 5.74) is 0.548. The first-order valence-corrected chi connectivity index (χ1v) is 7.29. The minimum absolute atomic E-state index is 0.121. The number of carbonyl (C=O) groups is 1. The van der Waals surface area contributed by atoms with Gasteiger partial charge in [-0.25, -0.2) is 13.1 Å². The van der Waals surface area contributed by atoms with E-state index in [1.165, 1.54) is 31.2 Å². The molecular weight excluding hydrogens is 320 g/mol. The summed E-state index contributed by atoms with van der Waals surface area (Å²) in [6.45, 7) is 5.04. The lowest BCUT2D eigenvalue weighted by Crippen LogP contribution is -2.24. The lowest BCUT2D eigenvalue weighted by atomic mass is 10.3. The van der Waals surface area contributed by atoms with Crippen LogP contribution < -0.4 is 10.0 Å². The maximum Gasteiger partial charge on any atom is 0.240 e. The predicted molar refractivity (Wildman–Crippen MR) is 74.0 cm³/mol. The van der Waals surface area contributed by atoms with Crippen molar-refractivity contribution in [3.63, 3.8) is 0 Å². The van der Waals surface area contributed by atoms with Crippen LogP contribution in [0.25, 0.3) is 0 Å².